The molecule has 26 heavy (non-hydrogen) atoms. The quantitative estimate of drug-likeness (QED) is 0.748. The third-order valence-electron chi connectivity index (χ3n) is 4.24. The van der Waals surface area contributed by atoms with Crippen LogP contribution in [-0.4, -0.2) is 52.0 Å². The van der Waals surface area contributed by atoms with Crippen LogP contribution in [0.4, 0.5) is 13.2 Å². The fourth-order valence-electron chi connectivity index (χ4n) is 2.84. The van der Waals surface area contributed by atoms with E-state index in [1.54, 1.807) is 0 Å². The van der Waals surface area contributed by atoms with E-state index in [9.17, 15) is 26.4 Å². The Labute approximate surface area is 150 Å². The van der Waals surface area contributed by atoms with Crippen molar-refractivity contribution in [3.05, 3.63) is 29.8 Å². The van der Waals surface area contributed by atoms with Crippen LogP contribution < -0.4 is 5.32 Å². The van der Waals surface area contributed by atoms with Crippen molar-refractivity contribution >= 4 is 15.9 Å². The summed E-state index contributed by atoms with van der Waals surface area (Å²) in [5.74, 6) is -0.564. The lowest BCUT2D eigenvalue weighted by Crippen LogP contribution is -2.43. The van der Waals surface area contributed by atoms with E-state index in [2.05, 4.69) is 5.32 Å². The summed E-state index contributed by atoms with van der Waals surface area (Å²) in [6, 6.07) is 4.13. The summed E-state index contributed by atoms with van der Waals surface area (Å²) in [5, 5.41) is 2.69. The smallest absolute Gasteiger partial charge is 0.383 e. The number of halogens is 3. The number of carbonyl (C=O) groups is 1. The minimum absolute atomic E-state index is 0.00309. The van der Waals surface area contributed by atoms with Crippen molar-refractivity contribution in [3.63, 3.8) is 0 Å². The highest BCUT2D eigenvalue weighted by Crippen LogP contribution is 2.36. The fourth-order valence-corrected chi connectivity index (χ4v) is 4.53. The van der Waals surface area contributed by atoms with E-state index in [1.165, 1.54) is 13.2 Å². The molecule has 0 radical (unpaired) electrons. The molecule has 10 heteroatoms. The molecule has 146 valence electrons. The Hall–Kier alpha value is -1.65. The van der Waals surface area contributed by atoms with Gasteiger partial charge in [0.15, 0.2) is 0 Å². The fraction of sp³-hybridized carbons (Fsp3) is 0.562. The maximum Gasteiger partial charge on any atom is 0.417 e. The number of sulfonamides is 1. The molecule has 6 nitrogen and oxygen atoms in total. The lowest BCUT2D eigenvalue weighted by atomic mass is 9.97. The Morgan fingerprint density at radius 3 is 2.46 bits per heavy atom. The number of piperidine rings is 1. The van der Waals surface area contributed by atoms with Gasteiger partial charge in [-0.2, -0.15) is 17.5 Å². The highest BCUT2D eigenvalue weighted by atomic mass is 32.2. The van der Waals surface area contributed by atoms with E-state index < -0.39 is 26.7 Å². The number of hydrogen-bond acceptors (Lipinski definition) is 4. The molecule has 1 aliphatic heterocycles. The Bertz CT molecular complexity index is 729. The number of rotatable bonds is 6. The highest BCUT2D eigenvalue weighted by Gasteiger charge is 2.40. The number of ether oxygens (including phenoxy) is 1. The molecule has 0 unspecified atom stereocenters. The monoisotopic (exact) mass is 394 g/mol. The van der Waals surface area contributed by atoms with E-state index >= 15 is 0 Å². The van der Waals surface area contributed by atoms with Crippen molar-refractivity contribution in [1.82, 2.24) is 9.62 Å². The molecule has 0 aliphatic carbocycles. The second-order valence-corrected chi connectivity index (χ2v) is 7.86. The first kappa shape index (κ1) is 20.7. The van der Waals surface area contributed by atoms with Crippen LogP contribution >= 0.6 is 0 Å². The van der Waals surface area contributed by atoms with E-state index in [-0.39, 0.29) is 37.8 Å². The highest BCUT2D eigenvalue weighted by molar-refractivity contribution is 7.89. The van der Waals surface area contributed by atoms with Crippen molar-refractivity contribution in [3.8, 4) is 0 Å². The minimum atomic E-state index is -4.76. The average Bonchev–Trinajstić information content (AvgIpc) is 2.61. The summed E-state index contributed by atoms with van der Waals surface area (Å²) in [4.78, 5) is 11.2. The predicted molar refractivity (Wildman–Crippen MR) is 87.8 cm³/mol. The zero-order chi connectivity index (χ0) is 19.4. The molecule has 1 saturated heterocycles. The molecule has 0 spiro atoms. The number of amides is 1. The standard InChI is InChI=1S/C16H21F3N2O4S/c1-25-11-8-20-15(22)12-6-9-21(10-7-12)26(23,24)14-5-3-2-4-13(14)16(17,18)19/h2-5,12H,6-11H2,1H3,(H,20,22). The van der Waals surface area contributed by atoms with Crippen molar-refractivity contribution in [2.75, 3.05) is 33.4 Å². The van der Waals surface area contributed by atoms with Crippen LogP contribution in [0.25, 0.3) is 0 Å². The van der Waals surface area contributed by atoms with Crippen molar-refractivity contribution in [2.24, 2.45) is 5.92 Å². The van der Waals surface area contributed by atoms with E-state index in [0.717, 1.165) is 22.5 Å². The van der Waals surface area contributed by atoms with Gasteiger partial charge in [0, 0.05) is 32.7 Å². The molecule has 1 aliphatic rings. The first-order chi connectivity index (χ1) is 12.2. The van der Waals surface area contributed by atoms with Gasteiger partial charge < -0.3 is 10.1 Å². The van der Waals surface area contributed by atoms with Crippen LogP contribution in [-0.2, 0) is 25.7 Å². The summed E-state index contributed by atoms with van der Waals surface area (Å²) in [5.41, 5.74) is -1.18. The average molecular weight is 394 g/mol. The zero-order valence-electron chi connectivity index (χ0n) is 14.3. The lowest BCUT2D eigenvalue weighted by molar-refractivity contribution is -0.139. The summed E-state index contributed by atoms with van der Waals surface area (Å²) in [6.45, 7) is 0.716. The second-order valence-electron chi connectivity index (χ2n) is 5.96. The van der Waals surface area contributed by atoms with Gasteiger partial charge in [-0.05, 0) is 25.0 Å². The molecule has 1 aromatic rings. The summed E-state index contributed by atoms with van der Waals surface area (Å²) in [6.07, 6.45) is -4.25. The van der Waals surface area contributed by atoms with Crippen LogP contribution in [0, 0.1) is 5.92 Å². The number of alkyl halides is 3. The molecule has 1 fully saturated rings. The Morgan fingerprint density at radius 2 is 1.88 bits per heavy atom. The third-order valence-corrected chi connectivity index (χ3v) is 6.20. The number of methoxy groups -OCH3 is 1. The van der Waals surface area contributed by atoms with Gasteiger partial charge in [0.2, 0.25) is 15.9 Å². The Morgan fingerprint density at radius 1 is 1.27 bits per heavy atom. The summed E-state index contributed by atoms with van der Waals surface area (Å²) < 4.78 is 70.5. The van der Waals surface area contributed by atoms with Gasteiger partial charge >= 0.3 is 6.18 Å². The molecule has 2 rings (SSSR count). The van der Waals surface area contributed by atoms with Crippen molar-refractivity contribution in [1.29, 1.82) is 0 Å². The molecule has 1 amide bonds. The molecule has 0 bridgehead atoms. The molecule has 0 saturated carbocycles. The molecular formula is C16H21F3N2O4S. The van der Waals surface area contributed by atoms with Crippen LogP contribution in [0.2, 0.25) is 0 Å². The molecular weight excluding hydrogens is 373 g/mol. The number of nitrogens with one attached hydrogen (secondary N) is 1. The summed E-state index contributed by atoms with van der Waals surface area (Å²) in [7, 11) is -2.78. The molecule has 0 atom stereocenters. The zero-order valence-corrected chi connectivity index (χ0v) is 15.1. The van der Waals surface area contributed by atoms with E-state index in [0.29, 0.717) is 13.2 Å². The van der Waals surface area contributed by atoms with Crippen LogP contribution in [0.1, 0.15) is 18.4 Å². The van der Waals surface area contributed by atoms with Crippen LogP contribution in [0.3, 0.4) is 0 Å². The largest absolute Gasteiger partial charge is 0.417 e. The Balaban J connectivity index is 2.08. The van der Waals surface area contributed by atoms with Gasteiger partial charge in [0.1, 0.15) is 0 Å². The molecule has 0 aromatic heterocycles. The van der Waals surface area contributed by atoms with E-state index in [4.69, 9.17) is 4.74 Å². The topological polar surface area (TPSA) is 75.7 Å². The third kappa shape index (κ3) is 4.74. The second kappa shape index (κ2) is 8.36. The normalized spacial score (nSPS) is 17.2. The van der Waals surface area contributed by atoms with Gasteiger partial charge in [0.05, 0.1) is 17.1 Å². The number of nitrogens with zero attached hydrogens (tertiary/aromatic N) is 1. The van der Waals surface area contributed by atoms with Gasteiger partial charge in [-0.3, -0.25) is 4.79 Å². The number of hydrogen-bond donors (Lipinski definition) is 1. The summed E-state index contributed by atoms with van der Waals surface area (Å²) >= 11 is 0. The number of benzene rings is 1. The van der Waals surface area contributed by atoms with Crippen molar-refractivity contribution in [2.45, 2.75) is 23.9 Å². The molecule has 1 heterocycles. The lowest BCUT2D eigenvalue weighted by Gasteiger charge is -2.31. The van der Waals surface area contributed by atoms with Gasteiger partial charge in [-0.15, -0.1) is 0 Å². The van der Waals surface area contributed by atoms with Crippen molar-refractivity contribution < 1.29 is 31.1 Å². The predicted octanol–water partition coefficient (Wildman–Crippen LogP) is 1.87. The van der Waals surface area contributed by atoms with Gasteiger partial charge in [-0.1, -0.05) is 12.1 Å². The first-order valence-corrected chi connectivity index (χ1v) is 9.55. The van der Waals surface area contributed by atoms with Gasteiger partial charge in [-0.25, -0.2) is 8.42 Å². The Kier molecular flexibility index (Phi) is 6.64. The number of carbonyl (C=O) groups excluding carboxylic acids is 1. The van der Waals surface area contributed by atoms with Gasteiger partial charge in [0.25, 0.3) is 0 Å². The maximum absolute atomic E-state index is 13.1. The van der Waals surface area contributed by atoms with Crippen LogP contribution in [0.5, 0.6) is 0 Å². The minimum Gasteiger partial charge on any atom is -0.383 e. The molecule has 1 aromatic carbocycles. The maximum atomic E-state index is 13.1. The van der Waals surface area contributed by atoms with E-state index in [1.807, 2.05) is 0 Å². The SMILES string of the molecule is COCCNC(=O)C1CCN(S(=O)(=O)c2ccccc2C(F)(F)F)CC1. The first-order valence-electron chi connectivity index (χ1n) is 8.11. The van der Waals surface area contributed by atoms with Crippen LogP contribution in [0.15, 0.2) is 29.2 Å². The molecule has 1 N–H and O–H groups in total.